The number of carbonyl (C=O) groups excluding carboxylic acids is 1. The van der Waals surface area contributed by atoms with Gasteiger partial charge >= 0.3 is 0 Å². The maximum atomic E-state index is 12.7. The quantitative estimate of drug-likeness (QED) is 0.491. The topological polar surface area (TPSA) is 37.3 Å². The number of Topliss-reactive ketones (excluding diaryl/α,β-unsaturated/α-hetero) is 1. The maximum Gasteiger partial charge on any atom is 0.162 e. The number of aliphatic hydroxyl groups is 1. The Hall–Kier alpha value is -1.15. The molecule has 2 nitrogen and oxygen atoms in total. The van der Waals surface area contributed by atoms with Crippen LogP contribution in [-0.4, -0.2) is 17.0 Å². The van der Waals surface area contributed by atoms with E-state index in [1.165, 1.54) is 44.9 Å². The molecule has 9 atom stereocenters. The van der Waals surface area contributed by atoms with E-state index in [0.717, 1.165) is 54.4 Å². The van der Waals surface area contributed by atoms with E-state index in [-0.39, 0.29) is 6.10 Å². The number of carbonyl (C=O) groups is 1. The van der Waals surface area contributed by atoms with E-state index in [4.69, 9.17) is 0 Å². The second-order valence-electron chi connectivity index (χ2n) is 12.6. The summed E-state index contributed by atoms with van der Waals surface area (Å²) in [7, 11) is 0. The maximum absolute atomic E-state index is 12.7. The molecule has 5 rings (SSSR count). The molecule has 1 aromatic rings. The van der Waals surface area contributed by atoms with Crippen LogP contribution in [0.15, 0.2) is 30.3 Å². The predicted octanol–water partition coefficient (Wildman–Crippen LogP) is 7.31. The van der Waals surface area contributed by atoms with E-state index < -0.39 is 0 Å². The normalized spacial score (nSPS) is 44.2. The predicted molar refractivity (Wildman–Crippen MR) is 130 cm³/mol. The zero-order chi connectivity index (χ0) is 22.5. The number of aliphatic hydroxyl groups excluding tert-OH is 1. The Labute approximate surface area is 195 Å². The van der Waals surface area contributed by atoms with Gasteiger partial charge in [0, 0.05) is 12.0 Å². The molecule has 0 bridgehead atoms. The van der Waals surface area contributed by atoms with Crippen molar-refractivity contribution in [2.24, 2.45) is 46.3 Å². The number of hydrogen-bond acceptors (Lipinski definition) is 2. The van der Waals surface area contributed by atoms with Gasteiger partial charge in [-0.15, -0.1) is 0 Å². The summed E-state index contributed by atoms with van der Waals surface area (Å²) in [6.45, 7) is 7.65. The lowest BCUT2D eigenvalue weighted by Crippen LogP contribution is -2.54. The molecule has 4 aliphatic rings. The molecule has 0 amide bonds. The minimum absolute atomic E-state index is 0.0474. The molecule has 4 aliphatic carbocycles. The number of rotatable bonds is 5. The van der Waals surface area contributed by atoms with E-state index >= 15 is 0 Å². The van der Waals surface area contributed by atoms with Crippen molar-refractivity contribution in [3.8, 4) is 0 Å². The molecule has 0 aromatic heterocycles. The average molecular weight is 437 g/mol. The minimum atomic E-state index is -0.0474. The summed E-state index contributed by atoms with van der Waals surface area (Å²) >= 11 is 0. The number of fused-ring (bicyclic) bond motifs is 5. The van der Waals surface area contributed by atoms with Crippen molar-refractivity contribution in [2.75, 3.05) is 0 Å². The second-order valence-corrected chi connectivity index (χ2v) is 12.6. The third kappa shape index (κ3) is 3.69. The Bertz CT molecular complexity index is 817. The highest BCUT2D eigenvalue weighted by atomic mass is 16.3. The molecule has 32 heavy (non-hydrogen) atoms. The fraction of sp³-hybridized carbons (Fsp3) is 0.767. The molecule has 176 valence electrons. The summed E-state index contributed by atoms with van der Waals surface area (Å²) in [5, 5.41) is 10.3. The van der Waals surface area contributed by atoms with Crippen LogP contribution in [0.1, 0.15) is 102 Å². The lowest BCUT2D eigenvalue weighted by Gasteiger charge is -2.61. The van der Waals surface area contributed by atoms with E-state index in [1.54, 1.807) is 0 Å². The Morgan fingerprint density at radius 1 is 0.969 bits per heavy atom. The summed E-state index contributed by atoms with van der Waals surface area (Å²) in [4.78, 5) is 12.7. The minimum Gasteiger partial charge on any atom is -0.393 e. The largest absolute Gasteiger partial charge is 0.393 e. The zero-order valence-electron chi connectivity index (χ0n) is 20.6. The van der Waals surface area contributed by atoms with E-state index in [9.17, 15) is 9.90 Å². The first-order chi connectivity index (χ1) is 15.3. The molecule has 4 saturated carbocycles. The summed E-state index contributed by atoms with van der Waals surface area (Å²) in [6.07, 6.45) is 13.3. The monoisotopic (exact) mass is 436 g/mol. The Balaban J connectivity index is 1.26. The molecular formula is C30H44O2. The van der Waals surface area contributed by atoms with Gasteiger partial charge in [-0.05, 0) is 111 Å². The second kappa shape index (κ2) is 8.57. The van der Waals surface area contributed by atoms with Crippen molar-refractivity contribution in [1.82, 2.24) is 0 Å². The van der Waals surface area contributed by atoms with Crippen LogP contribution >= 0.6 is 0 Å². The Morgan fingerprint density at radius 3 is 2.47 bits per heavy atom. The van der Waals surface area contributed by atoms with Crippen LogP contribution in [0, 0.1) is 46.3 Å². The Morgan fingerprint density at radius 2 is 1.69 bits per heavy atom. The van der Waals surface area contributed by atoms with Gasteiger partial charge < -0.3 is 5.11 Å². The third-order valence-corrected chi connectivity index (χ3v) is 11.3. The molecule has 0 radical (unpaired) electrons. The smallest absolute Gasteiger partial charge is 0.162 e. The molecule has 4 fully saturated rings. The molecular weight excluding hydrogens is 392 g/mol. The van der Waals surface area contributed by atoms with E-state index in [1.807, 2.05) is 30.3 Å². The van der Waals surface area contributed by atoms with Crippen LogP contribution < -0.4 is 0 Å². The molecule has 2 heteroatoms. The first kappa shape index (κ1) is 22.6. The van der Waals surface area contributed by atoms with Crippen LogP contribution in [0.4, 0.5) is 0 Å². The average Bonchev–Trinajstić information content (AvgIpc) is 3.15. The molecule has 1 aromatic carbocycles. The zero-order valence-corrected chi connectivity index (χ0v) is 20.6. The Kier molecular flexibility index (Phi) is 6.06. The van der Waals surface area contributed by atoms with Crippen LogP contribution in [-0.2, 0) is 0 Å². The van der Waals surface area contributed by atoms with Gasteiger partial charge in [0.25, 0.3) is 0 Å². The van der Waals surface area contributed by atoms with Gasteiger partial charge in [0.2, 0.25) is 0 Å². The van der Waals surface area contributed by atoms with Gasteiger partial charge in [0.1, 0.15) is 0 Å². The van der Waals surface area contributed by atoms with Crippen molar-refractivity contribution in [1.29, 1.82) is 0 Å². The SMILES string of the molecule is CC(CCC(=O)c1ccccc1)C1CCC2C3CCC4C[C@H](O)CCC4(C)C3CCC12C. The van der Waals surface area contributed by atoms with Crippen molar-refractivity contribution >= 4 is 5.78 Å². The van der Waals surface area contributed by atoms with Crippen molar-refractivity contribution in [3.63, 3.8) is 0 Å². The first-order valence-corrected chi connectivity index (χ1v) is 13.6. The van der Waals surface area contributed by atoms with Gasteiger partial charge in [-0.3, -0.25) is 4.79 Å². The number of ketones is 1. The summed E-state index contributed by atoms with van der Waals surface area (Å²) in [5.74, 6) is 5.11. The molecule has 1 N–H and O–H groups in total. The van der Waals surface area contributed by atoms with E-state index in [0.29, 0.717) is 29.0 Å². The molecule has 0 saturated heterocycles. The van der Waals surface area contributed by atoms with Crippen LogP contribution in [0.3, 0.4) is 0 Å². The molecule has 0 aliphatic heterocycles. The highest BCUT2D eigenvalue weighted by Gasteiger charge is 2.60. The van der Waals surface area contributed by atoms with E-state index in [2.05, 4.69) is 20.8 Å². The summed E-state index contributed by atoms with van der Waals surface area (Å²) < 4.78 is 0. The van der Waals surface area contributed by atoms with Crippen LogP contribution in [0.2, 0.25) is 0 Å². The number of hydrogen-bond donors (Lipinski definition) is 1. The van der Waals surface area contributed by atoms with Gasteiger partial charge in [0.15, 0.2) is 5.78 Å². The van der Waals surface area contributed by atoms with Crippen molar-refractivity contribution in [3.05, 3.63) is 35.9 Å². The summed E-state index contributed by atoms with van der Waals surface area (Å²) in [6, 6.07) is 9.85. The molecule has 0 spiro atoms. The standard InChI is InChI=1S/C30H44O2/c1-20(9-14-28(32)21-7-5-4-6-8-21)25-12-13-26-24-11-10-22-19-23(31)15-17-29(22,2)27(24)16-18-30(25,26)3/h4-8,20,22-27,31H,9-19H2,1-3H3/t20?,22?,23-,24?,25?,26?,27?,29?,30?/m1/s1. The molecule has 0 heterocycles. The third-order valence-electron chi connectivity index (χ3n) is 11.3. The fourth-order valence-corrected chi connectivity index (χ4v) is 9.54. The van der Waals surface area contributed by atoms with Crippen LogP contribution in [0.5, 0.6) is 0 Å². The highest BCUT2D eigenvalue weighted by molar-refractivity contribution is 5.95. The summed E-state index contributed by atoms with van der Waals surface area (Å²) in [5.41, 5.74) is 1.81. The fourth-order valence-electron chi connectivity index (χ4n) is 9.54. The van der Waals surface area contributed by atoms with Gasteiger partial charge in [-0.2, -0.15) is 0 Å². The molecule has 8 unspecified atom stereocenters. The van der Waals surface area contributed by atoms with Gasteiger partial charge in [-0.1, -0.05) is 51.1 Å². The van der Waals surface area contributed by atoms with Gasteiger partial charge in [-0.25, -0.2) is 0 Å². The highest BCUT2D eigenvalue weighted by Crippen LogP contribution is 2.68. The number of benzene rings is 1. The first-order valence-electron chi connectivity index (χ1n) is 13.6. The lowest BCUT2D eigenvalue weighted by molar-refractivity contribution is -0.129. The van der Waals surface area contributed by atoms with Gasteiger partial charge in [0.05, 0.1) is 6.10 Å². The van der Waals surface area contributed by atoms with Crippen molar-refractivity contribution < 1.29 is 9.90 Å². The van der Waals surface area contributed by atoms with Crippen molar-refractivity contribution in [2.45, 2.75) is 97.5 Å². The van der Waals surface area contributed by atoms with Crippen LogP contribution in [0.25, 0.3) is 0 Å². The lowest BCUT2D eigenvalue weighted by atomic mass is 9.44.